The lowest BCUT2D eigenvalue weighted by molar-refractivity contribution is -0.798. The molecule has 3 nitrogen and oxygen atoms in total. The second-order valence-corrected chi connectivity index (χ2v) is 16.6. The molecule has 0 fully saturated rings. The number of rotatable bonds is 9. The third kappa shape index (κ3) is 7.04. The summed E-state index contributed by atoms with van der Waals surface area (Å²) in [7, 11) is 5.79. The molecular formula is C14H37N2OSi2+. The zero-order valence-corrected chi connectivity index (χ0v) is 16.8. The van der Waals surface area contributed by atoms with Crippen molar-refractivity contribution in [2.75, 3.05) is 41.3 Å². The molecule has 19 heavy (non-hydrogen) atoms. The van der Waals surface area contributed by atoms with E-state index >= 15 is 0 Å². The minimum absolute atomic E-state index is 1.08. The minimum Gasteiger partial charge on any atom is -0.413 e. The molecule has 0 radical (unpaired) electrons. The summed E-state index contributed by atoms with van der Waals surface area (Å²) in [5.41, 5.74) is 0. The Morgan fingerprint density at radius 1 is 1.05 bits per heavy atom. The molecule has 0 spiro atoms. The predicted octanol–water partition coefficient (Wildman–Crippen LogP) is 3.35. The summed E-state index contributed by atoms with van der Waals surface area (Å²) in [6.45, 7) is 14.2. The number of hydrogen-bond acceptors (Lipinski definition) is 2. The average molecular weight is 306 g/mol. The summed E-state index contributed by atoms with van der Waals surface area (Å²) in [5, 5.41) is 0. The van der Waals surface area contributed by atoms with Crippen LogP contribution in [0.15, 0.2) is 0 Å². The van der Waals surface area contributed by atoms with Gasteiger partial charge in [0, 0.05) is 13.1 Å². The van der Waals surface area contributed by atoms with Gasteiger partial charge in [-0.05, 0) is 52.6 Å². The van der Waals surface area contributed by atoms with E-state index in [-0.39, 0.29) is 0 Å². The normalized spacial score (nSPS) is 14.2. The Bertz CT molecular complexity index is 266. The van der Waals surface area contributed by atoms with Gasteiger partial charge in [0.25, 0.3) is 0 Å². The maximum atomic E-state index is 6.76. The Morgan fingerprint density at radius 3 is 2.00 bits per heavy atom. The Hall–Kier alpha value is 0.314. The summed E-state index contributed by atoms with van der Waals surface area (Å²) in [5.74, 6) is 0. The van der Waals surface area contributed by atoms with Crippen LogP contribution in [0.5, 0.6) is 0 Å². The van der Waals surface area contributed by atoms with E-state index < -0.39 is 16.8 Å². The van der Waals surface area contributed by atoms with E-state index in [0.29, 0.717) is 0 Å². The van der Waals surface area contributed by atoms with E-state index in [1.54, 1.807) is 0 Å². The topological polar surface area (TPSA) is 12.5 Å². The van der Waals surface area contributed by atoms with Gasteiger partial charge in [0.05, 0.1) is 20.6 Å². The summed E-state index contributed by atoms with van der Waals surface area (Å²) in [6, 6.07) is 1.27. The molecular weight excluding hydrogens is 268 g/mol. The molecule has 5 heteroatoms. The molecule has 0 aromatic heterocycles. The van der Waals surface area contributed by atoms with Crippen molar-refractivity contribution in [3.63, 3.8) is 0 Å². The molecule has 0 heterocycles. The van der Waals surface area contributed by atoms with Crippen molar-refractivity contribution in [2.24, 2.45) is 0 Å². The zero-order chi connectivity index (χ0) is 15.3. The van der Waals surface area contributed by atoms with Crippen LogP contribution in [0.4, 0.5) is 0 Å². The summed E-state index contributed by atoms with van der Waals surface area (Å²) < 4.78 is 7.83. The molecule has 0 saturated heterocycles. The van der Waals surface area contributed by atoms with Crippen LogP contribution in [-0.4, -0.2) is 67.1 Å². The molecule has 0 bridgehead atoms. The highest BCUT2D eigenvalue weighted by Gasteiger charge is 2.47. The van der Waals surface area contributed by atoms with Gasteiger partial charge in [-0.3, -0.25) is 0 Å². The SMILES string of the molecule is CCC[N+](C)(C)[Si](C)(C)O[Si](C)(C)CCCN(C)C. The van der Waals surface area contributed by atoms with Crippen molar-refractivity contribution in [2.45, 2.75) is 52.0 Å². The average Bonchev–Trinajstić information content (AvgIpc) is 2.13. The second kappa shape index (κ2) is 7.36. The van der Waals surface area contributed by atoms with Crippen LogP contribution in [-0.2, 0) is 4.12 Å². The molecule has 0 aliphatic rings. The highest BCUT2D eigenvalue weighted by molar-refractivity contribution is 6.81. The summed E-state index contributed by atoms with van der Waals surface area (Å²) in [6.07, 6.45) is 2.49. The molecule has 0 atom stereocenters. The third-order valence-electron chi connectivity index (χ3n) is 4.15. The molecule has 0 rings (SSSR count). The first-order chi connectivity index (χ1) is 8.43. The zero-order valence-electron chi connectivity index (χ0n) is 14.8. The van der Waals surface area contributed by atoms with Crippen LogP contribution < -0.4 is 0 Å². The van der Waals surface area contributed by atoms with Crippen LogP contribution in [0.2, 0.25) is 32.2 Å². The fourth-order valence-corrected chi connectivity index (χ4v) is 11.1. The maximum absolute atomic E-state index is 6.76. The lowest BCUT2D eigenvalue weighted by atomic mass is 10.5. The predicted molar refractivity (Wildman–Crippen MR) is 91.3 cm³/mol. The molecule has 0 unspecified atom stereocenters. The molecule has 0 saturated carbocycles. The summed E-state index contributed by atoms with van der Waals surface area (Å²) in [4.78, 5) is 2.27. The Kier molecular flexibility index (Phi) is 7.48. The Labute approximate surface area is 123 Å². The molecule has 116 valence electrons. The van der Waals surface area contributed by atoms with Crippen LogP contribution in [0.1, 0.15) is 19.8 Å². The lowest BCUT2D eigenvalue weighted by Gasteiger charge is -2.45. The molecule has 0 N–H and O–H groups in total. The first-order valence-corrected chi connectivity index (χ1v) is 13.6. The lowest BCUT2D eigenvalue weighted by Crippen LogP contribution is -2.65. The summed E-state index contributed by atoms with van der Waals surface area (Å²) >= 11 is 0. The first kappa shape index (κ1) is 19.3. The van der Waals surface area contributed by atoms with E-state index in [1.807, 2.05) is 0 Å². The van der Waals surface area contributed by atoms with Gasteiger partial charge in [-0.1, -0.05) is 6.92 Å². The van der Waals surface area contributed by atoms with Gasteiger partial charge in [0.15, 0.2) is 8.32 Å². The van der Waals surface area contributed by atoms with Crippen molar-refractivity contribution in [3.05, 3.63) is 0 Å². The Balaban J connectivity index is 4.53. The van der Waals surface area contributed by atoms with Gasteiger partial charge in [-0.15, -0.1) is 0 Å². The number of nitrogens with zero attached hydrogens (tertiary/aromatic N) is 2. The number of quaternary nitrogens is 1. The van der Waals surface area contributed by atoms with Gasteiger partial charge < -0.3 is 13.2 Å². The van der Waals surface area contributed by atoms with Crippen LogP contribution in [0.25, 0.3) is 0 Å². The molecule has 0 aromatic carbocycles. The minimum atomic E-state index is -1.68. The highest BCUT2D eigenvalue weighted by atomic mass is 28.4. The van der Waals surface area contributed by atoms with E-state index in [0.717, 1.165) is 4.15 Å². The van der Waals surface area contributed by atoms with Crippen LogP contribution in [0.3, 0.4) is 0 Å². The quantitative estimate of drug-likeness (QED) is 0.606. The fourth-order valence-electron chi connectivity index (χ4n) is 2.50. The molecule has 0 aliphatic heterocycles. The van der Waals surface area contributed by atoms with Crippen molar-refractivity contribution in [1.82, 2.24) is 4.90 Å². The van der Waals surface area contributed by atoms with Crippen molar-refractivity contribution in [3.8, 4) is 0 Å². The van der Waals surface area contributed by atoms with Crippen molar-refractivity contribution < 1.29 is 8.26 Å². The second-order valence-electron chi connectivity index (χ2n) is 7.62. The molecule has 0 amide bonds. The monoisotopic (exact) mass is 305 g/mol. The van der Waals surface area contributed by atoms with Crippen molar-refractivity contribution >= 4 is 16.8 Å². The highest BCUT2D eigenvalue weighted by Crippen LogP contribution is 2.25. The smallest absolute Gasteiger partial charge is 0.413 e. The first-order valence-electron chi connectivity index (χ1n) is 7.61. The standard InChI is InChI=1S/C14H37N2OSi2/c1-10-13-16(4,5)19(8,9)17-18(6,7)14-11-12-15(2)3/h10-14H2,1-9H3/q+1. The number of hydrogen-bond donors (Lipinski definition) is 0. The fraction of sp³-hybridized carbons (Fsp3) is 1.00. The van der Waals surface area contributed by atoms with E-state index in [2.05, 4.69) is 66.2 Å². The van der Waals surface area contributed by atoms with E-state index in [4.69, 9.17) is 4.12 Å². The van der Waals surface area contributed by atoms with Gasteiger partial charge in [-0.2, -0.15) is 0 Å². The van der Waals surface area contributed by atoms with Crippen LogP contribution in [0, 0.1) is 0 Å². The molecule has 0 aliphatic carbocycles. The molecule has 0 aromatic rings. The Morgan fingerprint density at radius 2 is 1.58 bits per heavy atom. The van der Waals surface area contributed by atoms with Gasteiger partial charge in [-0.25, -0.2) is 0 Å². The van der Waals surface area contributed by atoms with Crippen LogP contribution >= 0.6 is 0 Å². The van der Waals surface area contributed by atoms with Gasteiger partial charge in [0.2, 0.25) is 0 Å². The third-order valence-corrected chi connectivity index (χ3v) is 13.1. The van der Waals surface area contributed by atoms with Gasteiger partial charge in [0.1, 0.15) is 0 Å². The van der Waals surface area contributed by atoms with Crippen molar-refractivity contribution in [1.29, 1.82) is 0 Å². The van der Waals surface area contributed by atoms with Gasteiger partial charge >= 0.3 is 8.48 Å². The van der Waals surface area contributed by atoms with E-state index in [9.17, 15) is 0 Å². The maximum Gasteiger partial charge on any atom is 0.419 e. The van der Waals surface area contributed by atoms with E-state index in [1.165, 1.54) is 32.0 Å². The largest absolute Gasteiger partial charge is 0.419 e.